The predicted molar refractivity (Wildman–Crippen MR) is 60.3 cm³/mol. The summed E-state index contributed by atoms with van der Waals surface area (Å²) in [5.74, 6) is 0. The third-order valence-corrected chi connectivity index (χ3v) is 3.00. The Hall–Kier alpha value is -1.02. The van der Waals surface area contributed by atoms with Crippen LogP contribution in [0, 0.1) is 6.92 Å². The average Bonchev–Trinajstić information content (AvgIpc) is 2.00. The number of anilines is 1. The fourth-order valence-corrected chi connectivity index (χ4v) is 2.60. The molecule has 1 aromatic rings. The maximum Gasteiger partial charge on any atom is 0.0320 e. The zero-order valence-electron chi connectivity index (χ0n) is 9.15. The van der Waals surface area contributed by atoms with E-state index in [0.29, 0.717) is 0 Å². The Kier molecular flexibility index (Phi) is 2.04. The Labute approximate surface area is 85.5 Å². The van der Waals surface area contributed by atoms with E-state index in [9.17, 15) is 0 Å². The molecule has 0 bridgehead atoms. The van der Waals surface area contributed by atoms with Crippen LogP contribution in [0.3, 0.4) is 0 Å². The summed E-state index contributed by atoms with van der Waals surface area (Å²) in [6, 6.07) is 4.17. The summed E-state index contributed by atoms with van der Waals surface area (Å²) in [6.45, 7) is 8.71. The lowest BCUT2D eigenvalue weighted by Crippen LogP contribution is -2.39. The Morgan fingerprint density at radius 3 is 2.79 bits per heavy atom. The van der Waals surface area contributed by atoms with Gasteiger partial charge in [-0.05, 0) is 35.7 Å². The van der Waals surface area contributed by atoms with Gasteiger partial charge in [0.2, 0.25) is 0 Å². The maximum atomic E-state index is 5.84. The van der Waals surface area contributed by atoms with Gasteiger partial charge in [-0.1, -0.05) is 13.8 Å². The molecule has 14 heavy (non-hydrogen) atoms. The smallest absolute Gasteiger partial charge is 0.0320 e. The summed E-state index contributed by atoms with van der Waals surface area (Å²) in [5, 5.41) is 3.43. The lowest BCUT2D eigenvalue weighted by Gasteiger charge is -2.35. The Bertz CT molecular complexity index is 367. The van der Waals surface area contributed by atoms with Crippen molar-refractivity contribution in [1.82, 2.24) is 5.32 Å². The zero-order valence-corrected chi connectivity index (χ0v) is 9.15. The first-order valence-electron chi connectivity index (χ1n) is 5.11. The first kappa shape index (κ1) is 9.53. The SMILES string of the molecule is Cc1cc(N)cc2c1C(C)(C)CNC2. The molecular weight excluding hydrogens is 172 g/mol. The van der Waals surface area contributed by atoms with Crippen molar-refractivity contribution in [3.05, 3.63) is 28.8 Å². The van der Waals surface area contributed by atoms with Gasteiger partial charge in [-0.3, -0.25) is 0 Å². The van der Waals surface area contributed by atoms with E-state index in [-0.39, 0.29) is 5.41 Å². The highest BCUT2D eigenvalue weighted by Gasteiger charge is 2.28. The van der Waals surface area contributed by atoms with Gasteiger partial charge in [0.15, 0.2) is 0 Å². The molecule has 1 aliphatic heterocycles. The lowest BCUT2D eigenvalue weighted by molar-refractivity contribution is 0.433. The normalized spacial score (nSPS) is 19.1. The molecule has 2 rings (SSSR count). The van der Waals surface area contributed by atoms with Crippen molar-refractivity contribution in [3.63, 3.8) is 0 Å². The van der Waals surface area contributed by atoms with Crippen LogP contribution in [-0.2, 0) is 12.0 Å². The third-order valence-electron chi connectivity index (χ3n) is 3.00. The summed E-state index contributed by atoms with van der Waals surface area (Å²) in [7, 11) is 0. The monoisotopic (exact) mass is 190 g/mol. The van der Waals surface area contributed by atoms with Crippen LogP contribution >= 0.6 is 0 Å². The molecular formula is C12H18N2. The molecule has 2 nitrogen and oxygen atoms in total. The molecule has 0 saturated heterocycles. The van der Waals surface area contributed by atoms with E-state index in [4.69, 9.17) is 5.73 Å². The molecule has 0 spiro atoms. The Morgan fingerprint density at radius 1 is 1.36 bits per heavy atom. The zero-order chi connectivity index (χ0) is 10.3. The van der Waals surface area contributed by atoms with Crippen molar-refractivity contribution in [2.75, 3.05) is 12.3 Å². The Morgan fingerprint density at radius 2 is 2.07 bits per heavy atom. The number of fused-ring (bicyclic) bond motifs is 1. The van der Waals surface area contributed by atoms with Crippen LogP contribution in [0.15, 0.2) is 12.1 Å². The van der Waals surface area contributed by atoms with Gasteiger partial charge in [0.1, 0.15) is 0 Å². The molecule has 0 atom stereocenters. The molecule has 3 N–H and O–H groups in total. The topological polar surface area (TPSA) is 38.0 Å². The van der Waals surface area contributed by atoms with Gasteiger partial charge in [0.05, 0.1) is 0 Å². The maximum absolute atomic E-state index is 5.84. The van der Waals surface area contributed by atoms with E-state index in [0.717, 1.165) is 18.8 Å². The van der Waals surface area contributed by atoms with Crippen molar-refractivity contribution in [1.29, 1.82) is 0 Å². The highest BCUT2D eigenvalue weighted by atomic mass is 14.9. The molecule has 1 aliphatic rings. The van der Waals surface area contributed by atoms with Gasteiger partial charge < -0.3 is 11.1 Å². The van der Waals surface area contributed by atoms with E-state index in [1.165, 1.54) is 16.7 Å². The lowest BCUT2D eigenvalue weighted by atomic mass is 9.77. The highest BCUT2D eigenvalue weighted by molar-refractivity contribution is 5.52. The summed E-state index contributed by atoms with van der Waals surface area (Å²) >= 11 is 0. The molecule has 2 heteroatoms. The second-order valence-corrected chi connectivity index (χ2v) is 4.86. The molecule has 0 aliphatic carbocycles. The third kappa shape index (κ3) is 1.40. The van der Waals surface area contributed by atoms with Crippen LogP contribution in [-0.4, -0.2) is 6.54 Å². The second-order valence-electron chi connectivity index (χ2n) is 4.86. The molecule has 0 unspecified atom stereocenters. The van der Waals surface area contributed by atoms with Gasteiger partial charge in [0, 0.05) is 24.2 Å². The first-order chi connectivity index (χ1) is 6.50. The van der Waals surface area contributed by atoms with E-state index < -0.39 is 0 Å². The number of benzene rings is 1. The van der Waals surface area contributed by atoms with Crippen LogP contribution in [0.25, 0.3) is 0 Å². The van der Waals surface area contributed by atoms with Crippen LogP contribution in [0.2, 0.25) is 0 Å². The van der Waals surface area contributed by atoms with Gasteiger partial charge >= 0.3 is 0 Å². The second kappa shape index (κ2) is 2.99. The van der Waals surface area contributed by atoms with Crippen LogP contribution < -0.4 is 11.1 Å². The fraction of sp³-hybridized carbons (Fsp3) is 0.500. The molecule has 0 aromatic heterocycles. The minimum absolute atomic E-state index is 0.228. The molecule has 0 saturated carbocycles. The first-order valence-corrected chi connectivity index (χ1v) is 5.11. The number of nitrogens with two attached hydrogens (primary N) is 1. The number of aryl methyl sites for hydroxylation is 1. The van der Waals surface area contributed by atoms with E-state index in [2.05, 4.69) is 38.2 Å². The van der Waals surface area contributed by atoms with Crippen molar-refractivity contribution in [3.8, 4) is 0 Å². The van der Waals surface area contributed by atoms with E-state index in [1.807, 2.05) is 0 Å². The largest absolute Gasteiger partial charge is 0.399 e. The minimum Gasteiger partial charge on any atom is -0.399 e. The van der Waals surface area contributed by atoms with Crippen LogP contribution in [0.1, 0.15) is 30.5 Å². The number of hydrogen-bond acceptors (Lipinski definition) is 2. The van der Waals surface area contributed by atoms with Crippen molar-refractivity contribution < 1.29 is 0 Å². The van der Waals surface area contributed by atoms with Gasteiger partial charge in [-0.15, -0.1) is 0 Å². The molecule has 0 amide bonds. The highest BCUT2D eigenvalue weighted by Crippen LogP contribution is 2.33. The van der Waals surface area contributed by atoms with Crippen molar-refractivity contribution in [2.45, 2.75) is 32.7 Å². The molecule has 0 fully saturated rings. The summed E-state index contributed by atoms with van der Waals surface area (Å²) in [6.07, 6.45) is 0. The van der Waals surface area contributed by atoms with Gasteiger partial charge in [-0.25, -0.2) is 0 Å². The van der Waals surface area contributed by atoms with Gasteiger partial charge in [0.25, 0.3) is 0 Å². The average molecular weight is 190 g/mol. The summed E-state index contributed by atoms with van der Waals surface area (Å²) < 4.78 is 0. The van der Waals surface area contributed by atoms with Gasteiger partial charge in [-0.2, -0.15) is 0 Å². The standard InChI is InChI=1S/C12H18N2/c1-8-4-10(13)5-9-6-14-7-12(2,3)11(8)9/h4-5,14H,6-7,13H2,1-3H3. The van der Waals surface area contributed by atoms with Crippen LogP contribution in [0.5, 0.6) is 0 Å². The molecule has 1 aromatic carbocycles. The number of nitrogens with one attached hydrogen (secondary N) is 1. The van der Waals surface area contributed by atoms with E-state index in [1.54, 1.807) is 0 Å². The molecule has 0 radical (unpaired) electrons. The van der Waals surface area contributed by atoms with Crippen molar-refractivity contribution >= 4 is 5.69 Å². The predicted octanol–water partition coefficient (Wildman–Crippen LogP) is 1.96. The van der Waals surface area contributed by atoms with Crippen molar-refractivity contribution in [2.24, 2.45) is 0 Å². The summed E-state index contributed by atoms with van der Waals surface area (Å²) in [4.78, 5) is 0. The molecule has 76 valence electrons. The number of rotatable bonds is 0. The number of hydrogen-bond donors (Lipinski definition) is 2. The number of nitrogen functional groups attached to an aromatic ring is 1. The Balaban J connectivity index is 2.63. The fourth-order valence-electron chi connectivity index (χ4n) is 2.60. The minimum atomic E-state index is 0.228. The van der Waals surface area contributed by atoms with E-state index >= 15 is 0 Å². The molecule has 1 heterocycles. The quantitative estimate of drug-likeness (QED) is 0.614. The van der Waals surface area contributed by atoms with Crippen LogP contribution in [0.4, 0.5) is 5.69 Å². The summed E-state index contributed by atoms with van der Waals surface area (Å²) in [5.41, 5.74) is 11.1.